The summed E-state index contributed by atoms with van der Waals surface area (Å²) < 4.78 is 29.2. The third kappa shape index (κ3) is 5.19. The Hall–Kier alpha value is -1.60. The number of sulfone groups is 1. The third-order valence-corrected chi connectivity index (χ3v) is 7.06. The maximum absolute atomic E-state index is 12.3. The van der Waals surface area contributed by atoms with Gasteiger partial charge in [-0.05, 0) is 24.3 Å². The molecule has 1 unspecified atom stereocenters. The molecule has 0 amide bonds. The summed E-state index contributed by atoms with van der Waals surface area (Å²) in [4.78, 5) is 4.22. The van der Waals surface area contributed by atoms with Gasteiger partial charge in [0.2, 0.25) is 0 Å². The van der Waals surface area contributed by atoms with Crippen molar-refractivity contribution in [2.45, 2.75) is 30.4 Å². The Morgan fingerprint density at radius 3 is 2.44 bits per heavy atom. The summed E-state index contributed by atoms with van der Waals surface area (Å²) in [5.74, 6) is 0.948. The van der Waals surface area contributed by atoms with Gasteiger partial charge >= 0.3 is 0 Å². The SMILES string of the molecule is CN=C(NCC(C)c1ccccc1)NCC1(S(C)(=O)=O)CCOCC1. The minimum atomic E-state index is -3.19. The van der Waals surface area contributed by atoms with E-state index in [1.807, 2.05) is 18.2 Å². The van der Waals surface area contributed by atoms with Gasteiger partial charge in [-0.1, -0.05) is 37.3 Å². The van der Waals surface area contributed by atoms with Crippen LogP contribution in [-0.2, 0) is 14.6 Å². The summed E-state index contributed by atoms with van der Waals surface area (Å²) in [5, 5.41) is 6.49. The van der Waals surface area contributed by atoms with E-state index in [1.54, 1.807) is 7.05 Å². The van der Waals surface area contributed by atoms with Crippen LogP contribution in [0.4, 0.5) is 0 Å². The lowest BCUT2D eigenvalue weighted by molar-refractivity contribution is 0.0756. The largest absolute Gasteiger partial charge is 0.381 e. The van der Waals surface area contributed by atoms with Gasteiger partial charge < -0.3 is 15.4 Å². The van der Waals surface area contributed by atoms with Crippen LogP contribution in [0.2, 0.25) is 0 Å². The molecule has 0 spiro atoms. The Labute approximate surface area is 151 Å². The maximum Gasteiger partial charge on any atom is 0.191 e. The number of ether oxygens (including phenoxy) is 1. The van der Waals surface area contributed by atoms with Gasteiger partial charge in [-0.3, -0.25) is 4.99 Å². The second kappa shape index (κ2) is 8.67. The molecular weight excluding hydrogens is 338 g/mol. The highest BCUT2D eigenvalue weighted by atomic mass is 32.2. The summed E-state index contributed by atoms with van der Waals surface area (Å²) in [6.45, 7) is 4.16. The fourth-order valence-corrected chi connectivity index (χ4v) is 4.28. The van der Waals surface area contributed by atoms with Crippen LogP contribution >= 0.6 is 0 Å². The van der Waals surface area contributed by atoms with E-state index in [1.165, 1.54) is 11.8 Å². The van der Waals surface area contributed by atoms with Crippen molar-refractivity contribution in [1.29, 1.82) is 0 Å². The molecule has 0 aromatic heterocycles. The van der Waals surface area contributed by atoms with Crippen molar-refractivity contribution >= 4 is 15.8 Å². The maximum atomic E-state index is 12.3. The van der Waals surface area contributed by atoms with E-state index in [4.69, 9.17) is 4.74 Å². The molecule has 1 heterocycles. The zero-order valence-electron chi connectivity index (χ0n) is 15.3. The van der Waals surface area contributed by atoms with Crippen LogP contribution in [0.3, 0.4) is 0 Å². The molecule has 6 nitrogen and oxygen atoms in total. The van der Waals surface area contributed by atoms with Gasteiger partial charge in [-0.2, -0.15) is 0 Å². The first-order chi connectivity index (χ1) is 11.9. The van der Waals surface area contributed by atoms with Gasteiger partial charge in [0.05, 0.1) is 4.75 Å². The van der Waals surface area contributed by atoms with E-state index >= 15 is 0 Å². The van der Waals surface area contributed by atoms with E-state index in [-0.39, 0.29) is 0 Å². The lowest BCUT2D eigenvalue weighted by Crippen LogP contribution is -2.53. The van der Waals surface area contributed by atoms with E-state index in [0.29, 0.717) is 44.5 Å². The Morgan fingerprint density at radius 1 is 1.24 bits per heavy atom. The molecule has 7 heteroatoms. The first-order valence-corrected chi connectivity index (χ1v) is 10.5. The molecule has 0 radical (unpaired) electrons. The number of guanidine groups is 1. The average molecular weight is 368 g/mol. The molecular formula is C18H29N3O3S. The molecule has 1 aromatic rings. The number of hydrogen-bond donors (Lipinski definition) is 2. The fourth-order valence-electron chi connectivity index (χ4n) is 3.04. The number of benzene rings is 1. The minimum absolute atomic E-state index is 0.326. The van der Waals surface area contributed by atoms with Crippen LogP contribution < -0.4 is 10.6 Å². The molecule has 2 N–H and O–H groups in total. The van der Waals surface area contributed by atoms with E-state index < -0.39 is 14.6 Å². The number of hydrogen-bond acceptors (Lipinski definition) is 4. The van der Waals surface area contributed by atoms with Gasteiger partial charge in [-0.15, -0.1) is 0 Å². The molecule has 1 aromatic carbocycles. The molecule has 25 heavy (non-hydrogen) atoms. The molecule has 0 bridgehead atoms. The van der Waals surface area contributed by atoms with E-state index in [0.717, 1.165) is 6.54 Å². The van der Waals surface area contributed by atoms with Gasteiger partial charge in [0.25, 0.3) is 0 Å². The summed E-state index contributed by atoms with van der Waals surface area (Å²) >= 11 is 0. The van der Waals surface area contributed by atoms with Crippen LogP contribution in [-0.4, -0.2) is 58.7 Å². The van der Waals surface area contributed by atoms with Crippen molar-refractivity contribution in [3.05, 3.63) is 35.9 Å². The fraction of sp³-hybridized carbons (Fsp3) is 0.611. The van der Waals surface area contributed by atoms with Crippen LogP contribution in [0.15, 0.2) is 35.3 Å². The predicted octanol–water partition coefficient (Wildman–Crippen LogP) is 1.55. The molecule has 1 atom stereocenters. The lowest BCUT2D eigenvalue weighted by Gasteiger charge is -2.35. The Kier molecular flexibility index (Phi) is 6.84. The lowest BCUT2D eigenvalue weighted by atomic mass is 9.99. The smallest absolute Gasteiger partial charge is 0.191 e. The Morgan fingerprint density at radius 2 is 1.88 bits per heavy atom. The standard InChI is InChI=1S/C18H29N3O3S/c1-15(16-7-5-4-6-8-16)13-20-17(19-2)21-14-18(25(3,22)23)9-11-24-12-10-18/h4-8,15H,9-14H2,1-3H3,(H2,19,20,21). The summed E-state index contributed by atoms with van der Waals surface area (Å²) in [5.41, 5.74) is 1.25. The molecule has 1 saturated heterocycles. The minimum Gasteiger partial charge on any atom is -0.381 e. The van der Waals surface area contributed by atoms with Gasteiger partial charge in [0.1, 0.15) is 0 Å². The molecule has 140 valence electrons. The van der Waals surface area contributed by atoms with Crippen LogP contribution in [0.5, 0.6) is 0 Å². The van der Waals surface area contributed by atoms with Crippen molar-refractivity contribution in [2.24, 2.45) is 4.99 Å². The second-order valence-corrected chi connectivity index (χ2v) is 9.10. The Bertz CT molecular complexity index is 668. The van der Waals surface area contributed by atoms with E-state index in [2.05, 4.69) is 34.7 Å². The van der Waals surface area contributed by atoms with Crippen molar-refractivity contribution in [1.82, 2.24) is 10.6 Å². The quantitative estimate of drug-likeness (QED) is 0.589. The van der Waals surface area contributed by atoms with Crippen molar-refractivity contribution in [2.75, 3.05) is 39.6 Å². The summed E-state index contributed by atoms with van der Waals surface area (Å²) in [6, 6.07) is 10.3. The van der Waals surface area contributed by atoms with Crippen LogP contribution in [0.1, 0.15) is 31.2 Å². The number of nitrogens with one attached hydrogen (secondary N) is 2. The van der Waals surface area contributed by atoms with Gasteiger partial charge in [0, 0.05) is 39.6 Å². The topological polar surface area (TPSA) is 79.8 Å². The number of aliphatic imine (C=N–C) groups is 1. The molecule has 1 aliphatic rings. The molecule has 2 rings (SSSR count). The van der Waals surface area contributed by atoms with E-state index in [9.17, 15) is 8.42 Å². The molecule has 0 saturated carbocycles. The normalized spacial score (nSPS) is 19.2. The highest BCUT2D eigenvalue weighted by Crippen LogP contribution is 2.28. The highest BCUT2D eigenvalue weighted by Gasteiger charge is 2.42. The zero-order valence-corrected chi connectivity index (χ0v) is 16.1. The average Bonchev–Trinajstić information content (AvgIpc) is 2.62. The second-order valence-electron chi connectivity index (χ2n) is 6.69. The summed E-state index contributed by atoms with van der Waals surface area (Å²) in [6.07, 6.45) is 2.33. The molecule has 0 aliphatic carbocycles. The molecule has 1 fully saturated rings. The Balaban J connectivity index is 1.93. The molecule has 1 aliphatic heterocycles. The van der Waals surface area contributed by atoms with Crippen molar-refractivity contribution in [3.8, 4) is 0 Å². The highest BCUT2D eigenvalue weighted by molar-refractivity contribution is 7.92. The first-order valence-electron chi connectivity index (χ1n) is 8.65. The van der Waals surface area contributed by atoms with Crippen molar-refractivity contribution in [3.63, 3.8) is 0 Å². The number of nitrogens with zero attached hydrogens (tertiary/aromatic N) is 1. The van der Waals surface area contributed by atoms with Crippen molar-refractivity contribution < 1.29 is 13.2 Å². The van der Waals surface area contributed by atoms with Gasteiger partial charge in [0.15, 0.2) is 15.8 Å². The zero-order chi connectivity index (χ0) is 18.3. The van der Waals surface area contributed by atoms with Gasteiger partial charge in [-0.25, -0.2) is 8.42 Å². The first kappa shape index (κ1) is 19.7. The number of rotatable bonds is 6. The monoisotopic (exact) mass is 367 g/mol. The van der Waals surface area contributed by atoms with Crippen LogP contribution in [0.25, 0.3) is 0 Å². The third-order valence-electron chi connectivity index (χ3n) is 4.94. The predicted molar refractivity (Wildman–Crippen MR) is 102 cm³/mol. The summed E-state index contributed by atoms with van der Waals surface area (Å²) in [7, 11) is -1.50. The van der Waals surface area contributed by atoms with Crippen LogP contribution in [0, 0.1) is 0 Å².